The second-order valence-electron chi connectivity index (χ2n) is 6.87. The molecule has 128 valence electrons. The minimum absolute atomic E-state index is 0. The highest BCUT2D eigenvalue weighted by molar-refractivity contribution is 5.90. The molecule has 3 nitrogen and oxygen atoms in total. The van der Waals surface area contributed by atoms with Gasteiger partial charge in [-0.05, 0) is 62.4 Å². The Morgan fingerprint density at radius 1 is 1.04 bits per heavy atom. The first-order chi connectivity index (χ1) is 10.7. The van der Waals surface area contributed by atoms with Gasteiger partial charge in [0.15, 0.2) is 0 Å². The standard InChI is InChI=1S/C19H28N2O.ClH/c1-15(22)20(2)17-11-9-16(10-12-17)18-7-3-4-8-19(18)21-13-5-6-14-21;/h9-12,18-19H,3-8,13-14H2,1-2H3;1H. The Morgan fingerprint density at radius 3 is 2.26 bits per heavy atom. The monoisotopic (exact) mass is 336 g/mol. The molecule has 2 aliphatic rings. The summed E-state index contributed by atoms with van der Waals surface area (Å²) < 4.78 is 0. The maximum Gasteiger partial charge on any atom is 0.223 e. The summed E-state index contributed by atoms with van der Waals surface area (Å²) in [5, 5.41) is 0. The van der Waals surface area contributed by atoms with Crippen molar-refractivity contribution in [1.29, 1.82) is 0 Å². The van der Waals surface area contributed by atoms with E-state index in [0.29, 0.717) is 5.92 Å². The van der Waals surface area contributed by atoms with Crippen LogP contribution < -0.4 is 4.90 Å². The molecule has 0 aromatic heterocycles. The number of carbonyl (C=O) groups is 1. The Balaban J connectivity index is 0.00000192. The predicted octanol–water partition coefficient (Wildman–Crippen LogP) is 4.21. The van der Waals surface area contributed by atoms with Crippen LogP contribution in [0.2, 0.25) is 0 Å². The van der Waals surface area contributed by atoms with Crippen LogP contribution in [0.25, 0.3) is 0 Å². The summed E-state index contributed by atoms with van der Waals surface area (Å²) in [6.45, 7) is 4.18. The van der Waals surface area contributed by atoms with E-state index in [1.807, 2.05) is 7.05 Å². The molecule has 1 saturated carbocycles. The molecule has 1 aliphatic heterocycles. The maximum absolute atomic E-state index is 11.5. The SMILES string of the molecule is CC(=O)N(C)c1ccc(C2CCCCC2N2CCCC2)cc1.Cl. The fourth-order valence-corrected chi connectivity index (χ4v) is 4.14. The highest BCUT2D eigenvalue weighted by atomic mass is 35.5. The molecule has 0 bridgehead atoms. The summed E-state index contributed by atoms with van der Waals surface area (Å²) in [5.41, 5.74) is 2.45. The molecular formula is C19H29ClN2O. The second kappa shape index (κ2) is 8.16. The van der Waals surface area contributed by atoms with Crippen molar-refractivity contribution in [2.24, 2.45) is 0 Å². The van der Waals surface area contributed by atoms with Crippen molar-refractivity contribution in [3.63, 3.8) is 0 Å². The molecule has 1 aliphatic carbocycles. The smallest absolute Gasteiger partial charge is 0.223 e. The van der Waals surface area contributed by atoms with Gasteiger partial charge in [0.1, 0.15) is 0 Å². The number of rotatable bonds is 3. The lowest BCUT2D eigenvalue weighted by atomic mass is 9.79. The molecule has 2 fully saturated rings. The molecule has 2 atom stereocenters. The fourth-order valence-electron chi connectivity index (χ4n) is 4.14. The van der Waals surface area contributed by atoms with Gasteiger partial charge in [-0.15, -0.1) is 12.4 Å². The molecule has 1 saturated heterocycles. The Kier molecular flexibility index (Phi) is 6.49. The lowest BCUT2D eigenvalue weighted by molar-refractivity contribution is -0.116. The van der Waals surface area contributed by atoms with Gasteiger partial charge in [0, 0.05) is 25.7 Å². The largest absolute Gasteiger partial charge is 0.316 e. The number of nitrogens with zero attached hydrogens (tertiary/aromatic N) is 2. The van der Waals surface area contributed by atoms with Gasteiger partial charge in [0.25, 0.3) is 0 Å². The van der Waals surface area contributed by atoms with Crippen molar-refractivity contribution < 1.29 is 4.79 Å². The number of benzene rings is 1. The van der Waals surface area contributed by atoms with E-state index < -0.39 is 0 Å². The first-order valence-electron chi connectivity index (χ1n) is 8.75. The number of carbonyl (C=O) groups excluding carboxylic acids is 1. The van der Waals surface area contributed by atoms with E-state index in [4.69, 9.17) is 0 Å². The van der Waals surface area contributed by atoms with Crippen LogP contribution in [0.1, 0.15) is 56.9 Å². The first kappa shape index (κ1) is 18.3. The molecule has 4 heteroatoms. The second-order valence-corrected chi connectivity index (χ2v) is 6.87. The van der Waals surface area contributed by atoms with Gasteiger partial charge in [-0.3, -0.25) is 9.69 Å². The molecule has 1 amide bonds. The van der Waals surface area contributed by atoms with Crippen molar-refractivity contribution >= 4 is 24.0 Å². The van der Waals surface area contributed by atoms with E-state index in [2.05, 4.69) is 29.2 Å². The van der Waals surface area contributed by atoms with Gasteiger partial charge in [-0.25, -0.2) is 0 Å². The molecule has 1 aromatic rings. The van der Waals surface area contributed by atoms with Crippen molar-refractivity contribution in [1.82, 2.24) is 4.90 Å². The van der Waals surface area contributed by atoms with Gasteiger partial charge in [0.2, 0.25) is 5.91 Å². The lowest BCUT2D eigenvalue weighted by Crippen LogP contribution is -2.39. The van der Waals surface area contributed by atoms with Crippen LogP contribution in [-0.4, -0.2) is 37.0 Å². The third-order valence-electron chi connectivity index (χ3n) is 5.52. The Morgan fingerprint density at radius 2 is 1.65 bits per heavy atom. The molecule has 23 heavy (non-hydrogen) atoms. The summed E-state index contributed by atoms with van der Waals surface area (Å²) in [6.07, 6.45) is 8.12. The van der Waals surface area contributed by atoms with Crippen LogP contribution in [0.5, 0.6) is 0 Å². The minimum Gasteiger partial charge on any atom is -0.316 e. The maximum atomic E-state index is 11.5. The van der Waals surface area contributed by atoms with Crippen LogP contribution in [0.3, 0.4) is 0 Å². The molecule has 1 heterocycles. The summed E-state index contributed by atoms with van der Waals surface area (Å²) in [4.78, 5) is 15.9. The van der Waals surface area contributed by atoms with Crippen molar-refractivity contribution in [3.8, 4) is 0 Å². The molecule has 0 spiro atoms. The quantitative estimate of drug-likeness (QED) is 0.825. The summed E-state index contributed by atoms with van der Waals surface area (Å²) >= 11 is 0. The van der Waals surface area contributed by atoms with Gasteiger partial charge in [-0.2, -0.15) is 0 Å². The number of anilines is 1. The zero-order chi connectivity index (χ0) is 15.5. The summed E-state index contributed by atoms with van der Waals surface area (Å²) in [7, 11) is 1.84. The van der Waals surface area contributed by atoms with E-state index in [-0.39, 0.29) is 18.3 Å². The zero-order valence-corrected chi connectivity index (χ0v) is 15.1. The van der Waals surface area contributed by atoms with Gasteiger partial charge in [0.05, 0.1) is 0 Å². The van der Waals surface area contributed by atoms with Crippen LogP contribution in [-0.2, 0) is 4.79 Å². The third kappa shape index (κ3) is 4.07. The molecule has 1 aromatic carbocycles. The van der Waals surface area contributed by atoms with Gasteiger partial charge >= 0.3 is 0 Å². The highest BCUT2D eigenvalue weighted by Crippen LogP contribution is 2.37. The topological polar surface area (TPSA) is 23.6 Å². The summed E-state index contributed by atoms with van der Waals surface area (Å²) in [5.74, 6) is 0.754. The Hall–Kier alpha value is -1.06. The third-order valence-corrected chi connectivity index (χ3v) is 5.52. The van der Waals surface area contributed by atoms with E-state index in [9.17, 15) is 4.79 Å². The van der Waals surface area contributed by atoms with Gasteiger partial charge < -0.3 is 4.90 Å². The van der Waals surface area contributed by atoms with Crippen LogP contribution in [0.15, 0.2) is 24.3 Å². The number of hydrogen-bond acceptors (Lipinski definition) is 2. The molecule has 2 unspecified atom stereocenters. The lowest BCUT2D eigenvalue weighted by Gasteiger charge is -2.38. The summed E-state index contributed by atoms with van der Waals surface area (Å²) in [6, 6.07) is 9.42. The van der Waals surface area contributed by atoms with E-state index >= 15 is 0 Å². The molecular weight excluding hydrogens is 308 g/mol. The van der Waals surface area contributed by atoms with Gasteiger partial charge in [-0.1, -0.05) is 25.0 Å². The molecule has 0 radical (unpaired) electrons. The molecule has 3 rings (SSSR count). The predicted molar refractivity (Wildman–Crippen MR) is 98.6 cm³/mol. The Labute approximate surface area is 146 Å². The zero-order valence-electron chi connectivity index (χ0n) is 14.3. The first-order valence-corrected chi connectivity index (χ1v) is 8.75. The van der Waals surface area contributed by atoms with E-state index in [1.54, 1.807) is 11.8 Å². The number of halogens is 1. The highest BCUT2D eigenvalue weighted by Gasteiger charge is 2.32. The normalized spacial score (nSPS) is 25.0. The van der Waals surface area contributed by atoms with Crippen molar-refractivity contribution in [2.45, 2.75) is 57.4 Å². The van der Waals surface area contributed by atoms with E-state index in [1.165, 1.54) is 57.2 Å². The number of amides is 1. The number of likely N-dealkylation sites (tertiary alicyclic amines) is 1. The average molecular weight is 337 g/mol. The minimum atomic E-state index is 0. The average Bonchev–Trinajstić information content (AvgIpc) is 3.08. The van der Waals surface area contributed by atoms with Crippen LogP contribution in [0, 0.1) is 0 Å². The van der Waals surface area contributed by atoms with Crippen molar-refractivity contribution in [2.75, 3.05) is 25.0 Å². The van der Waals surface area contributed by atoms with Crippen LogP contribution in [0.4, 0.5) is 5.69 Å². The number of hydrogen-bond donors (Lipinski definition) is 0. The fraction of sp³-hybridized carbons (Fsp3) is 0.632. The van der Waals surface area contributed by atoms with E-state index in [0.717, 1.165) is 11.7 Å². The van der Waals surface area contributed by atoms with Crippen molar-refractivity contribution in [3.05, 3.63) is 29.8 Å². The Bertz CT molecular complexity index is 511. The van der Waals surface area contributed by atoms with Crippen LogP contribution >= 0.6 is 12.4 Å². The molecule has 0 N–H and O–H groups in total.